The van der Waals surface area contributed by atoms with Gasteiger partial charge in [0.05, 0.1) is 0 Å². The molecule has 1 rings (SSSR count). The summed E-state index contributed by atoms with van der Waals surface area (Å²) < 4.78 is 223. The van der Waals surface area contributed by atoms with Gasteiger partial charge in [0.25, 0.3) is 0 Å². The van der Waals surface area contributed by atoms with Crippen LogP contribution in [0.5, 0.6) is 5.75 Å². The minimum Gasteiger partial charge on any atom is -0.507 e. The van der Waals surface area contributed by atoms with Crippen LogP contribution >= 0.6 is 0 Å². The van der Waals surface area contributed by atoms with Gasteiger partial charge in [-0.25, -0.2) is 4.99 Å². The van der Waals surface area contributed by atoms with Crippen LogP contribution in [0.25, 0.3) is 0 Å². The summed E-state index contributed by atoms with van der Waals surface area (Å²) in [6, 6.07) is -4.29. The number of aryl methyl sites for hydroxylation is 1. The van der Waals surface area contributed by atoms with Gasteiger partial charge < -0.3 is 5.11 Å². The highest BCUT2D eigenvalue weighted by molar-refractivity contribution is 5.84. The molecule has 0 saturated heterocycles. The van der Waals surface area contributed by atoms with Crippen molar-refractivity contribution >= 4 is 6.21 Å². The summed E-state index contributed by atoms with van der Waals surface area (Å²) in [5, 5.41) is 9.49. The molecule has 1 aromatic rings. The predicted molar refractivity (Wildman–Crippen MR) is 81.1 cm³/mol. The van der Waals surface area contributed by atoms with Crippen LogP contribution in [-0.4, -0.2) is 59.1 Å². The van der Waals surface area contributed by atoms with Crippen molar-refractivity contribution in [2.75, 3.05) is 0 Å². The number of rotatable bonds is 8. The first kappa shape index (κ1) is 30.5. The first-order chi connectivity index (χ1) is 15.1. The summed E-state index contributed by atoms with van der Waals surface area (Å²) in [4.78, 5) is 1.47. The minimum absolute atomic E-state index is 0.173. The van der Waals surface area contributed by atoms with Crippen molar-refractivity contribution in [2.24, 2.45) is 4.99 Å². The Bertz CT molecular complexity index is 963. The van der Waals surface area contributed by atoms with Crippen molar-refractivity contribution in [3.8, 4) is 5.75 Å². The van der Waals surface area contributed by atoms with Crippen LogP contribution in [-0.2, 0) is 0 Å². The quantitative estimate of drug-likeness (QED) is 0.208. The maximum Gasteiger partial charge on any atom is 0.460 e. The second kappa shape index (κ2) is 8.28. The molecule has 35 heavy (non-hydrogen) atoms. The molecule has 0 bridgehead atoms. The van der Waals surface area contributed by atoms with E-state index in [9.17, 15) is 79.7 Å². The van der Waals surface area contributed by atoms with Crippen LogP contribution in [0, 0.1) is 6.92 Å². The van der Waals surface area contributed by atoms with Gasteiger partial charge in [0.1, 0.15) is 5.75 Å². The zero-order valence-electron chi connectivity index (χ0n) is 16.1. The highest BCUT2D eigenvalue weighted by atomic mass is 19.4. The van der Waals surface area contributed by atoms with Crippen LogP contribution in [0.3, 0.4) is 0 Å². The number of halogens is 17. The normalized spacial score (nSPS) is 15.7. The largest absolute Gasteiger partial charge is 0.507 e. The Hall–Kier alpha value is -2.50. The van der Waals surface area contributed by atoms with Gasteiger partial charge in [-0.05, 0) is 18.6 Å². The molecule has 0 aliphatic rings. The van der Waals surface area contributed by atoms with Crippen molar-refractivity contribution in [1.29, 1.82) is 0 Å². The van der Waals surface area contributed by atoms with Crippen molar-refractivity contribution in [3.05, 3.63) is 29.3 Å². The van der Waals surface area contributed by atoms with E-state index in [4.69, 9.17) is 0 Å². The van der Waals surface area contributed by atoms with Crippen molar-refractivity contribution in [3.63, 3.8) is 0 Å². The van der Waals surface area contributed by atoms with Crippen LogP contribution in [0.2, 0.25) is 0 Å². The number of nitrogens with zero attached hydrogens (tertiary/aromatic N) is 1. The number of para-hydroxylation sites is 1. The highest BCUT2D eigenvalue weighted by Crippen LogP contribution is 2.64. The van der Waals surface area contributed by atoms with E-state index >= 15 is 0 Å². The summed E-state index contributed by atoms with van der Waals surface area (Å²) in [5.41, 5.74) is -1.13. The maximum absolute atomic E-state index is 13.7. The molecule has 1 N–H and O–H groups in total. The molecule has 0 aliphatic carbocycles. The molecule has 1 aromatic carbocycles. The third kappa shape index (κ3) is 4.23. The molecule has 0 heterocycles. The van der Waals surface area contributed by atoms with Crippen LogP contribution in [0.1, 0.15) is 11.1 Å². The van der Waals surface area contributed by atoms with E-state index in [-0.39, 0.29) is 5.56 Å². The molecule has 0 fully saturated rings. The molecular formula is C16H8F17NO. The number of hydrogen-bond donors (Lipinski definition) is 1. The predicted octanol–water partition coefficient (Wildman–Crippen LogP) is 7.09. The molecule has 0 aromatic heterocycles. The van der Waals surface area contributed by atoms with E-state index < -0.39 is 65.3 Å². The zero-order chi connectivity index (χ0) is 28.3. The Morgan fingerprint density at radius 3 is 1.37 bits per heavy atom. The average molecular weight is 553 g/mol. The van der Waals surface area contributed by atoms with E-state index in [1.54, 1.807) is 0 Å². The molecule has 202 valence electrons. The average Bonchev–Trinajstić information content (AvgIpc) is 2.67. The van der Waals surface area contributed by atoms with Gasteiger partial charge in [0, 0.05) is 11.8 Å². The van der Waals surface area contributed by atoms with Gasteiger partial charge >= 0.3 is 47.8 Å². The van der Waals surface area contributed by atoms with Gasteiger partial charge in [-0.15, -0.1) is 0 Å². The van der Waals surface area contributed by atoms with Crippen molar-refractivity contribution < 1.29 is 79.7 Å². The fourth-order valence-electron chi connectivity index (χ4n) is 2.17. The molecule has 0 atom stereocenters. The van der Waals surface area contributed by atoms with Crippen molar-refractivity contribution in [2.45, 2.75) is 54.7 Å². The number of phenolic OH excluding ortho intramolecular Hbond substituents is 1. The van der Waals surface area contributed by atoms with Crippen molar-refractivity contribution in [1.82, 2.24) is 0 Å². The maximum atomic E-state index is 13.7. The van der Waals surface area contributed by atoms with Gasteiger partial charge in [-0.3, -0.25) is 0 Å². The summed E-state index contributed by atoms with van der Waals surface area (Å²) in [7, 11) is 0. The van der Waals surface area contributed by atoms with Gasteiger partial charge in [0.2, 0.25) is 0 Å². The number of benzene rings is 1. The van der Waals surface area contributed by atoms with E-state index in [1.165, 1.54) is 4.99 Å². The first-order valence-electron chi connectivity index (χ1n) is 8.20. The monoisotopic (exact) mass is 553 g/mol. The standard InChI is InChI=1S/C16H8F17NO/c1-6-3-2-4-7(8(6)35)5-34-16(32,33)14(27,28)12(23,24)10(19,20)9(17,18)11(21,22)13(25,26)15(29,30)31/h2-5,35H,1H3. The SMILES string of the molecule is Cc1cccc(C=NC(F)(F)C(F)(F)C(F)(F)C(F)(F)C(F)(F)C(F)(F)C(F)(F)C(F)(F)F)c1O. The Morgan fingerprint density at radius 1 is 0.600 bits per heavy atom. The fraction of sp³-hybridized carbons (Fsp3) is 0.562. The van der Waals surface area contributed by atoms with Crippen LogP contribution < -0.4 is 0 Å². The molecular weight excluding hydrogens is 545 g/mol. The van der Waals surface area contributed by atoms with Crippen LogP contribution in [0.15, 0.2) is 23.2 Å². The van der Waals surface area contributed by atoms with Gasteiger partial charge in [-0.2, -0.15) is 74.6 Å². The van der Waals surface area contributed by atoms with E-state index in [1.807, 2.05) is 0 Å². The van der Waals surface area contributed by atoms with E-state index in [2.05, 4.69) is 0 Å². The lowest BCUT2D eigenvalue weighted by Gasteiger charge is -2.42. The smallest absolute Gasteiger partial charge is 0.460 e. The number of alkyl halides is 17. The molecule has 2 nitrogen and oxygen atoms in total. The molecule has 0 aliphatic heterocycles. The van der Waals surface area contributed by atoms with Gasteiger partial charge in [0.15, 0.2) is 0 Å². The summed E-state index contributed by atoms with van der Waals surface area (Å²) in [6.07, 6.45) is -8.35. The third-order valence-corrected chi connectivity index (χ3v) is 4.34. The first-order valence-corrected chi connectivity index (χ1v) is 8.20. The number of phenols is 1. The topological polar surface area (TPSA) is 32.6 Å². The van der Waals surface area contributed by atoms with E-state index in [0.717, 1.165) is 19.1 Å². The lowest BCUT2D eigenvalue weighted by atomic mass is 9.90. The Labute approximate surface area is 182 Å². The molecule has 0 unspecified atom stereocenters. The summed E-state index contributed by atoms with van der Waals surface area (Å²) in [5.74, 6) is -51.5. The Balaban J connectivity index is 3.62. The molecule has 19 heteroatoms. The second-order valence-electron chi connectivity index (χ2n) is 6.76. The molecule has 0 radical (unpaired) electrons. The van der Waals surface area contributed by atoms with Crippen LogP contribution in [0.4, 0.5) is 74.6 Å². The lowest BCUT2D eigenvalue weighted by Crippen LogP contribution is -2.74. The molecule has 0 saturated carbocycles. The number of hydrogen-bond acceptors (Lipinski definition) is 2. The molecule has 0 spiro atoms. The summed E-state index contributed by atoms with van der Waals surface area (Å²) in [6.45, 7) is 1.08. The minimum atomic E-state index is -8.69. The number of aromatic hydroxyl groups is 1. The fourth-order valence-corrected chi connectivity index (χ4v) is 2.17. The summed E-state index contributed by atoms with van der Waals surface area (Å²) >= 11 is 0. The van der Waals surface area contributed by atoms with Gasteiger partial charge in [-0.1, -0.05) is 12.1 Å². The Morgan fingerprint density at radius 2 is 0.971 bits per heavy atom. The zero-order valence-corrected chi connectivity index (χ0v) is 16.1. The lowest BCUT2D eigenvalue weighted by molar-refractivity contribution is -0.461. The molecule has 0 amide bonds. The highest BCUT2D eigenvalue weighted by Gasteiger charge is 2.95. The number of aliphatic imine (C=N–C) groups is 1. The Kier molecular flexibility index (Phi) is 7.22. The second-order valence-corrected chi connectivity index (χ2v) is 6.76. The van der Waals surface area contributed by atoms with E-state index in [0.29, 0.717) is 6.07 Å². The third-order valence-electron chi connectivity index (χ3n) is 4.34.